The van der Waals surface area contributed by atoms with E-state index in [4.69, 9.17) is 10.3 Å². The molecule has 10 nitrogen and oxygen atoms in total. The van der Waals surface area contributed by atoms with E-state index in [1.54, 1.807) is 44.4 Å². The van der Waals surface area contributed by atoms with Crippen LogP contribution in [-0.2, 0) is 13.6 Å². The zero-order valence-electron chi connectivity index (χ0n) is 21.7. The number of carbonyl (C=O) groups excluding carboxylic acids is 2. The lowest BCUT2D eigenvalue weighted by atomic mass is 10.1. The Kier molecular flexibility index (Phi) is 6.35. The molecule has 0 aliphatic carbocycles. The maximum Gasteiger partial charge on any atom is 0.290 e. The maximum atomic E-state index is 14.7. The topological polar surface area (TPSA) is 138 Å². The number of anilines is 1. The van der Waals surface area contributed by atoms with E-state index in [1.807, 2.05) is 18.4 Å². The summed E-state index contributed by atoms with van der Waals surface area (Å²) in [5, 5.41) is 3.20. The van der Waals surface area contributed by atoms with Crippen molar-refractivity contribution >= 4 is 28.4 Å². The fourth-order valence-electron chi connectivity index (χ4n) is 4.86. The average Bonchev–Trinajstić information content (AvgIpc) is 3.34. The fraction of sp³-hybridized carbons (Fsp3) is 0.179. The number of amides is 2. The summed E-state index contributed by atoms with van der Waals surface area (Å²) in [6.45, 7) is 5.88. The van der Waals surface area contributed by atoms with Crippen LogP contribution in [0.3, 0.4) is 0 Å². The van der Waals surface area contributed by atoms with Gasteiger partial charge in [-0.05, 0) is 50.6 Å². The molecule has 0 fully saturated rings. The van der Waals surface area contributed by atoms with Crippen LogP contribution in [0.5, 0.6) is 0 Å². The number of aromatic nitrogens is 4. The van der Waals surface area contributed by atoms with Crippen molar-refractivity contribution in [1.29, 1.82) is 0 Å². The minimum Gasteiger partial charge on any atom is -0.381 e. The molecule has 2 amide bonds. The number of fused-ring (bicyclic) bond motifs is 1. The Hall–Kier alpha value is -5.06. The molecule has 11 heteroatoms. The molecule has 5 aromatic rings. The number of nitrogens with two attached hydrogens (primary N) is 1. The van der Waals surface area contributed by atoms with Gasteiger partial charge in [0, 0.05) is 48.1 Å². The van der Waals surface area contributed by atoms with Crippen LogP contribution in [0, 0.1) is 19.8 Å². The van der Waals surface area contributed by atoms with E-state index in [2.05, 4.69) is 15.3 Å². The molecular weight excluding hydrogens is 503 g/mol. The van der Waals surface area contributed by atoms with Crippen molar-refractivity contribution in [2.75, 3.05) is 5.32 Å². The molecule has 1 aromatic carbocycles. The SMILES string of the molecule is CCn1c(-c2ccc(-c3c(C)on(C)c3=O)cn2)c(C)c2cc(F)nc(C(=O)Nc3cccc(C(N)=O)c3)c21. The Morgan fingerprint density at radius 2 is 1.92 bits per heavy atom. The molecular formula is C28H25FN6O4. The summed E-state index contributed by atoms with van der Waals surface area (Å²) in [4.78, 5) is 45.9. The Balaban J connectivity index is 1.61. The van der Waals surface area contributed by atoms with Crippen molar-refractivity contribution < 1.29 is 18.5 Å². The van der Waals surface area contributed by atoms with Gasteiger partial charge in [-0.1, -0.05) is 12.1 Å². The second-order valence-electron chi connectivity index (χ2n) is 9.06. The van der Waals surface area contributed by atoms with Gasteiger partial charge in [0.05, 0.1) is 22.5 Å². The summed E-state index contributed by atoms with van der Waals surface area (Å²) >= 11 is 0. The van der Waals surface area contributed by atoms with Crippen molar-refractivity contribution in [3.63, 3.8) is 0 Å². The van der Waals surface area contributed by atoms with Crippen LogP contribution >= 0.6 is 0 Å². The van der Waals surface area contributed by atoms with Crippen molar-refractivity contribution in [2.45, 2.75) is 27.3 Å². The van der Waals surface area contributed by atoms with Gasteiger partial charge in [0.25, 0.3) is 11.5 Å². The first-order chi connectivity index (χ1) is 18.6. The van der Waals surface area contributed by atoms with Crippen LogP contribution < -0.4 is 16.6 Å². The van der Waals surface area contributed by atoms with Crippen LogP contribution in [0.1, 0.15) is 39.1 Å². The third-order valence-electron chi connectivity index (χ3n) is 6.62. The van der Waals surface area contributed by atoms with E-state index in [-0.39, 0.29) is 16.8 Å². The molecule has 198 valence electrons. The maximum absolute atomic E-state index is 14.7. The standard InChI is InChI=1S/C28H25FN6O4/c1-5-35-24(20-10-9-17(13-31-20)22-15(3)39-34(4)28(22)38)14(2)19-12-21(29)33-23(25(19)35)27(37)32-18-8-6-7-16(11-18)26(30)36/h6-13H,5H2,1-4H3,(H2,30,36)(H,32,37). The second kappa shape index (κ2) is 9.67. The molecule has 4 aromatic heterocycles. The molecule has 0 saturated heterocycles. The first kappa shape index (κ1) is 25.6. The van der Waals surface area contributed by atoms with E-state index in [0.717, 1.165) is 4.74 Å². The van der Waals surface area contributed by atoms with E-state index in [0.29, 0.717) is 57.0 Å². The Morgan fingerprint density at radius 1 is 1.15 bits per heavy atom. The molecule has 0 spiro atoms. The number of rotatable bonds is 6. The number of nitrogens with one attached hydrogen (secondary N) is 1. The van der Waals surface area contributed by atoms with Gasteiger partial charge in [-0.3, -0.25) is 19.4 Å². The number of benzene rings is 1. The van der Waals surface area contributed by atoms with Gasteiger partial charge in [0.15, 0.2) is 5.69 Å². The highest BCUT2D eigenvalue weighted by atomic mass is 19.1. The van der Waals surface area contributed by atoms with Gasteiger partial charge in [-0.25, -0.2) is 4.98 Å². The van der Waals surface area contributed by atoms with E-state index in [9.17, 15) is 18.8 Å². The number of halogens is 1. The smallest absolute Gasteiger partial charge is 0.290 e. The summed E-state index contributed by atoms with van der Waals surface area (Å²) in [5.41, 5.74) is 8.97. The molecule has 3 N–H and O–H groups in total. The lowest BCUT2D eigenvalue weighted by Crippen LogP contribution is -2.17. The number of hydrogen-bond donors (Lipinski definition) is 2. The molecule has 0 radical (unpaired) electrons. The van der Waals surface area contributed by atoms with Crippen molar-refractivity contribution in [3.8, 4) is 22.5 Å². The number of pyridine rings is 2. The van der Waals surface area contributed by atoms with Gasteiger partial charge in [0.2, 0.25) is 11.9 Å². The first-order valence-corrected chi connectivity index (χ1v) is 12.1. The third kappa shape index (κ3) is 4.37. The molecule has 0 saturated carbocycles. The molecule has 0 bridgehead atoms. The quantitative estimate of drug-likeness (QED) is 0.317. The van der Waals surface area contributed by atoms with Gasteiger partial charge in [0.1, 0.15) is 5.76 Å². The monoisotopic (exact) mass is 528 g/mol. The molecule has 0 aliphatic rings. The predicted octanol–water partition coefficient (Wildman–Crippen LogP) is 4.18. The second-order valence-corrected chi connectivity index (χ2v) is 9.06. The van der Waals surface area contributed by atoms with Crippen molar-refractivity contribution in [1.82, 2.24) is 19.3 Å². The normalized spacial score (nSPS) is 11.2. The number of primary amides is 1. The summed E-state index contributed by atoms with van der Waals surface area (Å²) in [5.74, 6) is -1.61. The number of carbonyl (C=O) groups is 2. The van der Waals surface area contributed by atoms with Gasteiger partial charge in [-0.2, -0.15) is 9.13 Å². The number of hydrogen-bond acceptors (Lipinski definition) is 6. The molecule has 4 heterocycles. The highest BCUT2D eigenvalue weighted by Gasteiger charge is 2.24. The molecule has 0 aliphatic heterocycles. The summed E-state index contributed by atoms with van der Waals surface area (Å²) < 4.78 is 23.1. The predicted molar refractivity (Wildman–Crippen MR) is 144 cm³/mol. The molecule has 39 heavy (non-hydrogen) atoms. The van der Waals surface area contributed by atoms with Crippen LogP contribution in [0.15, 0.2) is 58.0 Å². The Morgan fingerprint density at radius 3 is 2.54 bits per heavy atom. The van der Waals surface area contributed by atoms with E-state index >= 15 is 0 Å². The largest absolute Gasteiger partial charge is 0.381 e. The molecule has 5 rings (SSSR count). The average molecular weight is 529 g/mol. The van der Waals surface area contributed by atoms with Gasteiger partial charge < -0.3 is 20.1 Å². The Labute approximate surface area is 221 Å². The van der Waals surface area contributed by atoms with Crippen LogP contribution in [0.25, 0.3) is 33.4 Å². The minimum atomic E-state index is -0.809. The van der Waals surface area contributed by atoms with Crippen LogP contribution in [0.4, 0.5) is 10.1 Å². The number of aryl methyl sites for hydroxylation is 4. The lowest BCUT2D eigenvalue weighted by molar-refractivity contribution is 0.0995. The van der Waals surface area contributed by atoms with Gasteiger partial charge in [-0.15, -0.1) is 0 Å². The zero-order chi connectivity index (χ0) is 28.0. The lowest BCUT2D eigenvalue weighted by Gasteiger charge is -2.12. The third-order valence-corrected chi connectivity index (χ3v) is 6.62. The Bertz CT molecular complexity index is 1830. The summed E-state index contributed by atoms with van der Waals surface area (Å²) in [6, 6.07) is 11.0. The van der Waals surface area contributed by atoms with E-state index in [1.165, 1.54) is 18.2 Å². The van der Waals surface area contributed by atoms with E-state index < -0.39 is 17.8 Å². The summed E-state index contributed by atoms with van der Waals surface area (Å²) in [7, 11) is 1.54. The highest BCUT2D eigenvalue weighted by Crippen LogP contribution is 2.35. The highest BCUT2D eigenvalue weighted by molar-refractivity contribution is 6.12. The first-order valence-electron chi connectivity index (χ1n) is 12.1. The van der Waals surface area contributed by atoms with Gasteiger partial charge >= 0.3 is 0 Å². The molecule has 0 unspecified atom stereocenters. The zero-order valence-corrected chi connectivity index (χ0v) is 21.7. The van der Waals surface area contributed by atoms with Crippen molar-refractivity contribution in [2.24, 2.45) is 12.8 Å². The summed E-state index contributed by atoms with van der Waals surface area (Å²) in [6.07, 6.45) is 1.59. The van der Waals surface area contributed by atoms with Crippen LogP contribution in [-0.4, -0.2) is 31.1 Å². The molecule has 0 atom stereocenters. The fourth-order valence-corrected chi connectivity index (χ4v) is 4.86. The van der Waals surface area contributed by atoms with Crippen molar-refractivity contribution in [3.05, 3.63) is 87.5 Å². The minimum absolute atomic E-state index is 0.111. The van der Waals surface area contributed by atoms with Crippen LogP contribution in [0.2, 0.25) is 0 Å². The number of nitrogens with zero attached hydrogens (tertiary/aromatic N) is 4.